The van der Waals surface area contributed by atoms with Gasteiger partial charge in [-0.05, 0) is 57.4 Å². The van der Waals surface area contributed by atoms with Gasteiger partial charge in [0.2, 0.25) is 5.88 Å². The molecule has 1 atom stereocenters. The first-order valence-corrected chi connectivity index (χ1v) is 11.3. The molecule has 0 bridgehead atoms. The Balaban J connectivity index is 1.36. The number of carbonyl (C=O) groups is 1. The number of nitrogens with zero attached hydrogens (tertiary/aromatic N) is 2. The van der Waals surface area contributed by atoms with E-state index in [2.05, 4.69) is 27.4 Å². The summed E-state index contributed by atoms with van der Waals surface area (Å²) in [6.07, 6.45) is 6.58. The van der Waals surface area contributed by atoms with Crippen LogP contribution in [-0.4, -0.2) is 48.2 Å². The van der Waals surface area contributed by atoms with E-state index < -0.39 is 0 Å². The number of nitrogens with one attached hydrogen (secondary N) is 2. The fourth-order valence-corrected chi connectivity index (χ4v) is 3.72. The van der Waals surface area contributed by atoms with Crippen LogP contribution < -0.4 is 20.1 Å². The Labute approximate surface area is 185 Å². The fourth-order valence-electron chi connectivity index (χ4n) is 3.72. The van der Waals surface area contributed by atoms with Crippen LogP contribution in [0.3, 0.4) is 0 Å². The average Bonchev–Trinajstić information content (AvgIpc) is 2.79. The summed E-state index contributed by atoms with van der Waals surface area (Å²) in [7, 11) is 0. The Morgan fingerprint density at radius 2 is 2.00 bits per heavy atom. The number of ether oxygens (including phenoxy) is 2. The molecule has 0 aliphatic carbocycles. The summed E-state index contributed by atoms with van der Waals surface area (Å²) in [6, 6.07) is 11.7. The summed E-state index contributed by atoms with van der Waals surface area (Å²) in [5, 5.41) is 5.81. The van der Waals surface area contributed by atoms with Crippen LogP contribution in [0, 0.1) is 0 Å². The van der Waals surface area contributed by atoms with E-state index in [9.17, 15) is 4.79 Å². The number of urea groups is 1. The zero-order valence-corrected chi connectivity index (χ0v) is 18.6. The lowest BCUT2D eigenvalue weighted by Gasteiger charge is -2.33. The molecule has 1 fully saturated rings. The highest BCUT2D eigenvalue weighted by Gasteiger charge is 2.17. The fraction of sp³-hybridized carbons (Fsp3) is 0.500. The van der Waals surface area contributed by atoms with Crippen LogP contribution in [0.4, 0.5) is 4.79 Å². The summed E-state index contributed by atoms with van der Waals surface area (Å²) in [5.74, 6) is 1.79. The molecule has 2 amide bonds. The molecule has 2 N–H and O–H groups in total. The molecule has 7 heteroatoms. The molecule has 0 unspecified atom stereocenters. The van der Waals surface area contributed by atoms with Gasteiger partial charge >= 0.3 is 6.03 Å². The number of rotatable bonds is 10. The van der Waals surface area contributed by atoms with Crippen LogP contribution in [0.25, 0.3) is 0 Å². The van der Waals surface area contributed by atoms with E-state index in [-0.39, 0.29) is 6.03 Å². The van der Waals surface area contributed by atoms with Gasteiger partial charge in [-0.25, -0.2) is 9.78 Å². The first kappa shape index (κ1) is 22.9. The highest BCUT2D eigenvalue weighted by Crippen LogP contribution is 2.30. The summed E-state index contributed by atoms with van der Waals surface area (Å²) in [4.78, 5) is 18.9. The minimum Gasteiger partial charge on any atom is -0.490 e. The van der Waals surface area contributed by atoms with Crippen molar-refractivity contribution < 1.29 is 14.3 Å². The Morgan fingerprint density at radius 1 is 1.16 bits per heavy atom. The van der Waals surface area contributed by atoms with Crippen molar-refractivity contribution in [2.45, 2.75) is 52.1 Å². The molecule has 0 saturated carbocycles. The molecule has 31 heavy (non-hydrogen) atoms. The van der Waals surface area contributed by atoms with Crippen molar-refractivity contribution in [3.63, 3.8) is 0 Å². The van der Waals surface area contributed by atoms with Crippen molar-refractivity contribution in [1.29, 1.82) is 0 Å². The van der Waals surface area contributed by atoms with Gasteiger partial charge in [-0.1, -0.05) is 24.6 Å². The Bertz CT molecular complexity index is 813. The number of likely N-dealkylation sites (tertiary alicyclic amines) is 1. The number of amides is 2. The number of hydrogen-bond donors (Lipinski definition) is 2. The smallest absolute Gasteiger partial charge is 0.315 e. The minimum absolute atomic E-state index is 0.155. The van der Waals surface area contributed by atoms with Gasteiger partial charge < -0.3 is 25.0 Å². The van der Waals surface area contributed by atoms with Gasteiger partial charge in [-0.15, -0.1) is 0 Å². The van der Waals surface area contributed by atoms with E-state index >= 15 is 0 Å². The zero-order valence-electron chi connectivity index (χ0n) is 18.6. The Kier molecular flexibility index (Phi) is 8.97. The number of aromatic nitrogens is 1. The number of hydrogen-bond acceptors (Lipinski definition) is 5. The van der Waals surface area contributed by atoms with Gasteiger partial charge in [0, 0.05) is 37.9 Å². The van der Waals surface area contributed by atoms with E-state index in [0.717, 1.165) is 18.5 Å². The van der Waals surface area contributed by atoms with Crippen molar-refractivity contribution in [2.75, 3.05) is 26.2 Å². The summed E-state index contributed by atoms with van der Waals surface area (Å²) >= 11 is 0. The van der Waals surface area contributed by atoms with Gasteiger partial charge in [0.15, 0.2) is 11.5 Å². The topological polar surface area (TPSA) is 75.7 Å². The molecule has 3 rings (SSSR count). The van der Waals surface area contributed by atoms with Gasteiger partial charge in [0.1, 0.15) is 0 Å². The maximum Gasteiger partial charge on any atom is 0.315 e. The van der Waals surface area contributed by atoms with Crippen LogP contribution in [0.5, 0.6) is 17.4 Å². The normalized spacial score (nSPS) is 16.5. The Morgan fingerprint density at radius 3 is 2.74 bits per heavy atom. The van der Waals surface area contributed by atoms with Gasteiger partial charge in [0.25, 0.3) is 0 Å². The predicted molar refractivity (Wildman–Crippen MR) is 122 cm³/mol. The first-order chi connectivity index (χ1) is 15.2. The van der Waals surface area contributed by atoms with E-state index in [1.807, 2.05) is 37.3 Å². The maximum absolute atomic E-state index is 12.0. The van der Waals surface area contributed by atoms with E-state index in [0.29, 0.717) is 43.1 Å². The molecule has 7 nitrogen and oxygen atoms in total. The van der Waals surface area contributed by atoms with Crippen LogP contribution in [0.2, 0.25) is 0 Å². The molecular formula is C24H34N4O3. The largest absolute Gasteiger partial charge is 0.490 e. The van der Waals surface area contributed by atoms with Crippen molar-refractivity contribution in [1.82, 2.24) is 20.5 Å². The first-order valence-electron chi connectivity index (χ1n) is 11.3. The number of benzene rings is 1. The highest BCUT2D eigenvalue weighted by atomic mass is 16.5. The van der Waals surface area contributed by atoms with Crippen molar-refractivity contribution in [3.8, 4) is 17.4 Å². The van der Waals surface area contributed by atoms with Crippen LogP contribution >= 0.6 is 0 Å². The lowest BCUT2D eigenvalue weighted by Crippen LogP contribution is -2.40. The SMILES string of the molecule is CCOc1ccccc1Oc1ccc(CNC(=O)NCCCN2CCCC[C@H]2C)cn1. The van der Waals surface area contributed by atoms with E-state index in [4.69, 9.17) is 9.47 Å². The Hall–Kier alpha value is -2.80. The van der Waals surface area contributed by atoms with Crippen molar-refractivity contribution >= 4 is 6.03 Å². The van der Waals surface area contributed by atoms with Crippen LogP contribution in [0.1, 0.15) is 45.1 Å². The van der Waals surface area contributed by atoms with Crippen molar-refractivity contribution in [3.05, 3.63) is 48.2 Å². The monoisotopic (exact) mass is 426 g/mol. The number of carbonyl (C=O) groups excluding carboxylic acids is 1. The van der Waals surface area contributed by atoms with Gasteiger partial charge in [-0.2, -0.15) is 0 Å². The molecule has 0 radical (unpaired) electrons. The van der Waals surface area contributed by atoms with Gasteiger partial charge in [0.05, 0.1) is 6.61 Å². The highest BCUT2D eigenvalue weighted by molar-refractivity contribution is 5.73. The molecule has 1 saturated heterocycles. The molecule has 2 heterocycles. The summed E-state index contributed by atoms with van der Waals surface area (Å²) < 4.78 is 11.4. The molecule has 1 aromatic carbocycles. The summed E-state index contributed by atoms with van der Waals surface area (Å²) in [5.41, 5.74) is 0.905. The van der Waals surface area contributed by atoms with Gasteiger partial charge in [-0.3, -0.25) is 0 Å². The third-order valence-electron chi connectivity index (χ3n) is 5.46. The second-order valence-corrected chi connectivity index (χ2v) is 7.83. The van der Waals surface area contributed by atoms with E-state index in [1.165, 1.54) is 25.8 Å². The van der Waals surface area contributed by atoms with Crippen LogP contribution in [-0.2, 0) is 6.54 Å². The van der Waals surface area contributed by atoms with E-state index in [1.54, 1.807) is 12.3 Å². The quantitative estimate of drug-likeness (QED) is 0.553. The molecular weight excluding hydrogens is 392 g/mol. The lowest BCUT2D eigenvalue weighted by atomic mass is 10.0. The van der Waals surface area contributed by atoms with Crippen molar-refractivity contribution in [2.24, 2.45) is 0 Å². The number of piperidine rings is 1. The molecule has 0 spiro atoms. The second kappa shape index (κ2) is 12.2. The molecule has 2 aromatic rings. The molecule has 1 aliphatic rings. The predicted octanol–water partition coefficient (Wildman–Crippen LogP) is 4.34. The second-order valence-electron chi connectivity index (χ2n) is 7.83. The standard InChI is InChI=1S/C24H34N4O3/c1-3-30-21-10-4-5-11-22(21)31-23-13-12-20(17-26-23)18-27-24(29)25-14-8-16-28-15-7-6-9-19(28)2/h4-5,10-13,17,19H,3,6-9,14-16,18H2,1-2H3,(H2,25,27,29)/t19-/m1/s1. The van der Waals surface area contributed by atoms with Crippen LogP contribution in [0.15, 0.2) is 42.6 Å². The molecule has 1 aliphatic heterocycles. The number of para-hydroxylation sites is 2. The molecule has 168 valence electrons. The third kappa shape index (κ3) is 7.43. The zero-order chi connectivity index (χ0) is 21.9. The average molecular weight is 427 g/mol. The summed E-state index contributed by atoms with van der Waals surface area (Å²) in [6.45, 7) is 8.11. The minimum atomic E-state index is -0.155. The lowest BCUT2D eigenvalue weighted by molar-refractivity contribution is 0.159. The number of pyridine rings is 1. The third-order valence-corrected chi connectivity index (χ3v) is 5.46. The molecule has 1 aromatic heterocycles. The maximum atomic E-state index is 12.0.